The van der Waals surface area contributed by atoms with Crippen LogP contribution in [0, 0.1) is 5.41 Å². The second kappa shape index (κ2) is 6.28. The highest BCUT2D eigenvalue weighted by Gasteiger charge is 2.37. The first-order valence-corrected chi connectivity index (χ1v) is 6.27. The predicted octanol–water partition coefficient (Wildman–Crippen LogP) is 2.01. The molecule has 0 spiro atoms. The zero-order valence-electron chi connectivity index (χ0n) is 10.4. The smallest absolute Gasteiger partial charge is 0.255 e. The number of nitrogens with two attached hydrogens (primary N) is 1. The van der Waals surface area contributed by atoms with E-state index in [2.05, 4.69) is 0 Å². The summed E-state index contributed by atoms with van der Waals surface area (Å²) in [6.45, 7) is 1.85. The molecule has 3 nitrogen and oxygen atoms in total. The Balaban J connectivity index is 2.68. The van der Waals surface area contributed by atoms with E-state index < -0.39 is 18.4 Å². The van der Waals surface area contributed by atoms with Gasteiger partial charge < -0.3 is 10.6 Å². The molecule has 1 fully saturated rings. The van der Waals surface area contributed by atoms with E-state index in [1.165, 1.54) is 4.90 Å². The molecule has 1 aliphatic carbocycles. The van der Waals surface area contributed by atoms with Crippen molar-refractivity contribution in [3.05, 3.63) is 0 Å². The van der Waals surface area contributed by atoms with Gasteiger partial charge in [-0.25, -0.2) is 8.78 Å². The highest BCUT2D eigenvalue weighted by atomic mass is 19.3. The van der Waals surface area contributed by atoms with Crippen molar-refractivity contribution in [2.45, 2.75) is 45.5 Å². The van der Waals surface area contributed by atoms with E-state index in [-0.39, 0.29) is 19.0 Å². The number of nitrogens with zero attached hydrogens (tertiary/aromatic N) is 1. The SMILES string of the molecule is CC1(C(=O)N(CCN)CC(F)F)CCCCC1. The van der Waals surface area contributed by atoms with Gasteiger partial charge in [0.15, 0.2) is 0 Å². The fraction of sp³-hybridized carbons (Fsp3) is 0.917. The summed E-state index contributed by atoms with van der Waals surface area (Å²) in [5.41, 5.74) is 4.92. The molecule has 0 aromatic carbocycles. The van der Waals surface area contributed by atoms with Gasteiger partial charge >= 0.3 is 0 Å². The van der Waals surface area contributed by atoms with Crippen molar-refractivity contribution < 1.29 is 13.6 Å². The van der Waals surface area contributed by atoms with E-state index in [0.717, 1.165) is 32.1 Å². The Labute approximate surface area is 101 Å². The standard InChI is InChI=1S/C12H22F2N2O/c1-12(5-3-2-4-6-12)11(17)16(8-7-15)9-10(13)14/h10H,2-9,15H2,1H3. The molecule has 0 heterocycles. The number of carbonyl (C=O) groups is 1. The van der Waals surface area contributed by atoms with Crippen LogP contribution in [0.2, 0.25) is 0 Å². The molecule has 100 valence electrons. The van der Waals surface area contributed by atoms with Crippen LogP contribution in [0.3, 0.4) is 0 Å². The van der Waals surface area contributed by atoms with Gasteiger partial charge in [0.25, 0.3) is 6.43 Å². The molecule has 2 N–H and O–H groups in total. The predicted molar refractivity (Wildman–Crippen MR) is 62.8 cm³/mol. The number of hydrogen-bond acceptors (Lipinski definition) is 2. The second-order valence-corrected chi connectivity index (χ2v) is 5.05. The fourth-order valence-corrected chi connectivity index (χ4v) is 2.53. The quantitative estimate of drug-likeness (QED) is 0.809. The van der Waals surface area contributed by atoms with Crippen LogP contribution in [0.5, 0.6) is 0 Å². The van der Waals surface area contributed by atoms with Gasteiger partial charge in [-0.3, -0.25) is 4.79 Å². The first-order chi connectivity index (χ1) is 7.99. The molecule has 0 aliphatic heterocycles. The minimum absolute atomic E-state index is 0.150. The van der Waals surface area contributed by atoms with Gasteiger partial charge in [-0.15, -0.1) is 0 Å². The highest BCUT2D eigenvalue weighted by molar-refractivity contribution is 5.82. The first-order valence-electron chi connectivity index (χ1n) is 6.27. The number of amides is 1. The summed E-state index contributed by atoms with van der Waals surface area (Å²) in [4.78, 5) is 13.5. The lowest BCUT2D eigenvalue weighted by atomic mass is 9.74. The van der Waals surface area contributed by atoms with E-state index in [4.69, 9.17) is 5.73 Å². The van der Waals surface area contributed by atoms with Crippen molar-refractivity contribution in [2.24, 2.45) is 11.1 Å². The average Bonchev–Trinajstić information content (AvgIpc) is 2.28. The van der Waals surface area contributed by atoms with E-state index >= 15 is 0 Å². The van der Waals surface area contributed by atoms with E-state index in [1.807, 2.05) is 6.92 Å². The molecule has 0 aromatic rings. The summed E-state index contributed by atoms with van der Waals surface area (Å²) in [5.74, 6) is -0.150. The molecular formula is C12H22F2N2O. The molecule has 0 radical (unpaired) electrons. The Kier molecular flexibility index (Phi) is 5.31. The molecule has 1 rings (SSSR count). The number of rotatable bonds is 5. The molecule has 1 saturated carbocycles. The fourth-order valence-electron chi connectivity index (χ4n) is 2.53. The van der Waals surface area contributed by atoms with Crippen LogP contribution in [0.25, 0.3) is 0 Å². The van der Waals surface area contributed by atoms with E-state index in [0.29, 0.717) is 0 Å². The molecule has 0 bridgehead atoms. The van der Waals surface area contributed by atoms with Crippen molar-refractivity contribution in [3.63, 3.8) is 0 Å². The van der Waals surface area contributed by atoms with Gasteiger partial charge in [0.05, 0.1) is 6.54 Å². The minimum atomic E-state index is -2.49. The van der Waals surface area contributed by atoms with Gasteiger partial charge in [0.1, 0.15) is 0 Å². The monoisotopic (exact) mass is 248 g/mol. The maximum Gasteiger partial charge on any atom is 0.255 e. The van der Waals surface area contributed by atoms with Crippen LogP contribution in [0.15, 0.2) is 0 Å². The Morgan fingerprint density at radius 2 is 1.94 bits per heavy atom. The minimum Gasteiger partial charge on any atom is -0.335 e. The number of halogens is 2. The summed E-state index contributed by atoms with van der Waals surface area (Å²) < 4.78 is 24.9. The van der Waals surface area contributed by atoms with Crippen molar-refractivity contribution >= 4 is 5.91 Å². The maximum atomic E-state index is 12.4. The number of hydrogen-bond donors (Lipinski definition) is 1. The van der Waals surface area contributed by atoms with Crippen molar-refractivity contribution in [2.75, 3.05) is 19.6 Å². The van der Waals surface area contributed by atoms with E-state index in [1.54, 1.807) is 0 Å². The zero-order valence-corrected chi connectivity index (χ0v) is 10.4. The lowest BCUT2D eigenvalue weighted by Gasteiger charge is -2.37. The van der Waals surface area contributed by atoms with Crippen molar-refractivity contribution in [1.29, 1.82) is 0 Å². The molecule has 17 heavy (non-hydrogen) atoms. The topological polar surface area (TPSA) is 46.3 Å². The molecule has 0 atom stereocenters. The normalized spacial score (nSPS) is 19.4. The van der Waals surface area contributed by atoms with Gasteiger partial charge in [0, 0.05) is 18.5 Å². The summed E-state index contributed by atoms with van der Waals surface area (Å²) in [6, 6.07) is 0. The van der Waals surface area contributed by atoms with Crippen LogP contribution in [0.1, 0.15) is 39.0 Å². The Morgan fingerprint density at radius 3 is 2.41 bits per heavy atom. The molecule has 0 aromatic heterocycles. The molecule has 5 heteroatoms. The molecule has 0 unspecified atom stereocenters. The van der Waals surface area contributed by atoms with Crippen LogP contribution < -0.4 is 5.73 Å². The highest BCUT2D eigenvalue weighted by Crippen LogP contribution is 2.37. The largest absolute Gasteiger partial charge is 0.335 e. The van der Waals surface area contributed by atoms with Crippen LogP contribution in [-0.4, -0.2) is 36.9 Å². The molecular weight excluding hydrogens is 226 g/mol. The molecule has 1 amide bonds. The Morgan fingerprint density at radius 1 is 1.35 bits per heavy atom. The lowest BCUT2D eigenvalue weighted by molar-refractivity contribution is -0.145. The molecule has 0 saturated heterocycles. The number of alkyl halides is 2. The Hall–Kier alpha value is -0.710. The first kappa shape index (κ1) is 14.4. The maximum absolute atomic E-state index is 12.4. The summed E-state index contributed by atoms with van der Waals surface area (Å²) in [5, 5.41) is 0. The second-order valence-electron chi connectivity index (χ2n) is 5.05. The van der Waals surface area contributed by atoms with Crippen LogP contribution >= 0.6 is 0 Å². The van der Waals surface area contributed by atoms with Crippen molar-refractivity contribution in [3.8, 4) is 0 Å². The Bertz CT molecular complexity index is 253. The van der Waals surface area contributed by atoms with Gasteiger partial charge in [-0.2, -0.15) is 0 Å². The van der Waals surface area contributed by atoms with Crippen LogP contribution in [0.4, 0.5) is 8.78 Å². The summed E-state index contributed by atoms with van der Waals surface area (Å²) >= 11 is 0. The van der Waals surface area contributed by atoms with Gasteiger partial charge in [0.2, 0.25) is 5.91 Å². The third-order valence-corrected chi connectivity index (χ3v) is 3.52. The van der Waals surface area contributed by atoms with Crippen molar-refractivity contribution in [1.82, 2.24) is 4.90 Å². The number of carbonyl (C=O) groups excluding carboxylic acids is 1. The third kappa shape index (κ3) is 3.91. The summed E-state index contributed by atoms with van der Waals surface area (Å²) in [6.07, 6.45) is 2.26. The average molecular weight is 248 g/mol. The van der Waals surface area contributed by atoms with Gasteiger partial charge in [-0.05, 0) is 12.8 Å². The van der Waals surface area contributed by atoms with Gasteiger partial charge in [-0.1, -0.05) is 26.2 Å². The zero-order chi connectivity index (χ0) is 12.9. The van der Waals surface area contributed by atoms with E-state index in [9.17, 15) is 13.6 Å². The molecule has 1 aliphatic rings. The third-order valence-electron chi connectivity index (χ3n) is 3.52. The van der Waals surface area contributed by atoms with Crippen LogP contribution in [-0.2, 0) is 4.79 Å². The summed E-state index contributed by atoms with van der Waals surface area (Å²) in [7, 11) is 0. The lowest BCUT2D eigenvalue weighted by Crippen LogP contribution is -2.47.